The van der Waals surface area contributed by atoms with Crippen molar-refractivity contribution < 1.29 is 8.42 Å². The first kappa shape index (κ1) is 14.4. The fourth-order valence-corrected chi connectivity index (χ4v) is 3.05. The van der Waals surface area contributed by atoms with E-state index in [2.05, 4.69) is 4.98 Å². The van der Waals surface area contributed by atoms with Gasteiger partial charge in [-0.2, -0.15) is 0 Å². The molecule has 0 bridgehead atoms. The Bertz CT molecular complexity index is 436. The fourth-order valence-electron chi connectivity index (χ4n) is 1.37. The number of hydrogen-bond acceptors (Lipinski definition) is 3. The molecule has 0 spiro atoms. The van der Waals surface area contributed by atoms with Crippen LogP contribution in [0.2, 0.25) is 0 Å². The summed E-state index contributed by atoms with van der Waals surface area (Å²) in [4.78, 5) is 3.89. The molecule has 1 aromatic rings. The van der Waals surface area contributed by atoms with Crippen LogP contribution in [0.15, 0.2) is 24.5 Å². The number of nitrogens with zero attached hydrogens (tertiary/aromatic N) is 2. The van der Waals surface area contributed by atoms with E-state index < -0.39 is 10.0 Å². The van der Waals surface area contributed by atoms with E-state index >= 15 is 0 Å². The Hall–Kier alpha value is -0.650. The molecule has 0 aromatic carbocycles. The molecule has 0 amide bonds. The van der Waals surface area contributed by atoms with Crippen LogP contribution in [-0.4, -0.2) is 36.4 Å². The number of aromatic nitrogens is 1. The maximum atomic E-state index is 12.0. The van der Waals surface area contributed by atoms with Crippen LogP contribution >= 0.6 is 11.6 Å². The smallest absolute Gasteiger partial charge is 0.214 e. The average Bonchev–Trinajstić information content (AvgIpc) is 2.29. The van der Waals surface area contributed by atoms with Gasteiger partial charge < -0.3 is 0 Å². The SMILES string of the molecule is CC(CCl)CS(=O)(=O)N(C)Cc1ccncc1. The molecule has 0 fully saturated rings. The van der Waals surface area contributed by atoms with Crippen molar-refractivity contribution in [1.82, 2.24) is 9.29 Å². The van der Waals surface area contributed by atoms with Gasteiger partial charge in [0.2, 0.25) is 10.0 Å². The van der Waals surface area contributed by atoms with E-state index in [1.807, 2.05) is 6.92 Å². The van der Waals surface area contributed by atoms with Crippen molar-refractivity contribution in [2.45, 2.75) is 13.5 Å². The molecule has 1 rings (SSSR count). The van der Waals surface area contributed by atoms with Crippen LogP contribution in [0, 0.1) is 5.92 Å². The third kappa shape index (κ3) is 4.61. The Balaban J connectivity index is 2.67. The van der Waals surface area contributed by atoms with Crippen LogP contribution in [0.1, 0.15) is 12.5 Å². The van der Waals surface area contributed by atoms with Crippen LogP contribution in [-0.2, 0) is 16.6 Å². The van der Waals surface area contributed by atoms with Crippen molar-refractivity contribution in [1.29, 1.82) is 0 Å². The molecule has 0 aliphatic heterocycles. The van der Waals surface area contributed by atoms with Crippen LogP contribution < -0.4 is 0 Å². The number of sulfonamides is 1. The average molecular weight is 277 g/mol. The summed E-state index contributed by atoms with van der Waals surface area (Å²) in [5, 5.41) is 0. The number of hydrogen-bond donors (Lipinski definition) is 0. The minimum atomic E-state index is -3.24. The molecule has 4 nitrogen and oxygen atoms in total. The van der Waals surface area contributed by atoms with Gasteiger partial charge in [0.05, 0.1) is 5.75 Å². The van der Waals surface area contributed by atoms with Crippen LogP contribution in [0.5, 0.6) is 0 Å². The zero-order valence-electron chi connectivity index (χ0n) is 10.0. The number of alkyl halides is 1. The minimum Gasteiger partial charge on any atom is -0.265 e. The van der Waals surface area contributed by atoms with Gasteiger partial charge in [-0.25, -0.2) is 12.7 Å². The van der Waals surface area contributed by atoms with Gasteiger partial charge in [0.25, 0.3) is 0 Å². The van der Waals surface area contributed by atoms with Gasteiger partial charge in [-0.15, -0.1) is 11.6 Å². The Morgan fingerprint density at radius 1 is 1.41 bits per heavy atom. The van der Waals surface area contributed by atoms with Gasteiger partial charge >= 0.3 is 0 Å². The first-order valence-electron chi connectivity index (χ1n) is 5.34. The molecule has 1 unspecified atom stereocenters. The lowest BCUT2D eigenvalue weighted by Gasteiger charge is -2.19. The van der Waals surface area contributed by atoms with Crippen molar-refractivity contribution in [3.8, 4) is 0 Å². The number of pyridine rings is 1. The number of halogens is 1. The highest BCUT2D eigenvalue weighted by atomic mass is 35.5. The van der Waals surface area contributed by atoms with E-state index in [0.29, 0.717) is 12.4 Å². The highest BCUT2D eigenvalue weighted by Gasteiger charge is 2.20. The second-order valence-electron chi connectivity index (χ2n) is 4.15. The lowest BCUT2D eigenvalue weighted by molar-refractivity contribution is 0.460. The Morgan fingerprint density at radius 2 is 2.00 bits per heavy atom. The molecule has 0 radical (unpaired) electrons. The van der Waals surface area contributed by atoms with Crippen molar-refractivity contribution in [3.05, 3.63) is 30.1 Å². The molecule has 17 heavy (non-hydrogen) atoms. The maximum Gasteiger partial charge on any atom is 0.214 e. The third-order valence-corrected chi connectivity index (χ3v) is 4.98. The van der Waals surface area contributed by atoms with Gasteiger partial charge in [0.1, 0.15) is 0 Å². The predicted molar refractivity (Wildman–Crippen MR) is 69.4 cm³/mol. The van der Waals surface area contributed by atoms with E-state index in [4.69, 9.17) is 11.6 Å². The van der Waals surface area contributed by atoms with E-state index in [1.54, 1.807) is 31.6 Å². The van der Waals surface area contributed by atoms with E-state index in [0.717, 1.165) is 5.56 Å². The van der Waals surface area contributed by atoms with Crippen molar-refractivity contribution in [3.63, 3.8) is 0 Å². The molecule has 0 saturated heterocycles. The maximum absolute atomic E-state index is 12.0. The summed E-state index contributed by atoms with van der Waals surface area (Å²) >= 11 is 5.63. The molecular formula is C11H17ClN2O2S. The lowest BCUT2D eigenvalue weighted by Crippen LogP contribution is -2.31. The van der Waals surface area contributed by atoms with E-state index in [-0.39, 0.29) is 11.7 Å². The zero-order valence-corrected chi connectivity index (χ0v) is 11.6. The van der Waals surface area contributed by atoms with Crippen LogP contribution in [0.4, 0.5) is 0 Å². The zero-order chi connectivity index (χ0) is 12.9. The van der Waals surface area contributed by atoms with E-state index in [1.165, 1.54) is 4.31 Å². The summed E-state index contributed by atoms with van der Waals surface area (Å²) in [6, 6.07) is 3.61. The highest BCUT2D eigenvalue weighted by Crippen LogP contribution is 2.10. The second-order valence-corrected chi connectivity index (χ2v) is 6.58. The monoisotopic (exact) mass is 276 g/mol. The summed E-state index contributed by atoms with van der Waals surface area (Å²) in [6.45, 7) is 2.19. The molecule has 0 N–H and O–H groups in total. The lowest BCUT2D eigenvalue weighted by atomic mass is 10.3. The van der Waals surface area contributed by atoms with Gasteiger partial charge in [0, 0.05) is 31.9 Å². The van der Waals surface area contributed by atoms with E-state index in [9.17, 15) is 8.42 Å². The van der Waals surface area contributed by atoms with Gasteiger partial charge in [-0.05, 0) is 23.6 Å². The Labute approximate surface area is 108 Å². The first-order valence-corrected chi connectivity index (χ1v) is 7.49. The van der Waals surface area contributed by atoms with Gasteiger partial charge in [-0.3, -0.25) is 4.98 Å². The molecule has 0 aliphatic carbocycles. The molecule has 6 heteroatoms. The van der Waals surface area contributed by atoms with Crippen LogP contribution in [0.25, 0.3) is 0 Å². The summed E-state index contributed by atoms with van der Waals surface area (Å²) in [7, 11) is -1.66. The molecule has 0 aliphatic rings. The summed E-state index contributed by atoms with van der Waals surface area (Å²) in [5.41, 5.74) is 0.921. The molecule has 96 valence electrons. The van der Waals surface area contributed by atoms with Crippen molar-refractivity contribution in [2.24, 2.45) is 5.92 Å². The van der Waals surface area contributed by atoms with Gasteiger partial charge in [-0.1, -0.05) is 6.92 Å². The topological polar surface area (TPSA) is 50.3 Å². The highest BCUT2D eigenvalue weighted by molar-refractivity contribution is 7.89. The minimum absolute atomic E-state index is 0.0402. The number of rotatable bonds is 6. The fraction of sp³-hybridized carbons (Fsp3) is 0.545. The summed E-state index contributed by atoms with van der Waals surface area (Å²) in [5.74, 6) is 0.391. The Kier molecular flexibility index (Phi) is 5.36. The first-order chi connectivity index (χ1) is 7.95. The third-order valence-electron chi connectivity index (χ3n) is 2.39. The molecule has 1 atom stereocenters. The summed E-state index contributed by atoms with van der Waals surface area (Å²) < 4.78 is 25.3. The standard InChI is InChI=1S/C11H17ClN2O2S/c1-10(7-12)9-17(15,16)14(2)8-11-3-5-13-6-4-11/h3-6,10H,7-9H2,1-2H3. The Morgan fingerprint density at radius 3 is 2.53 bits per heavy atom. The molecule has 0 saturated carbocycles. The summed E-state index contributed by atoms with van der Waals surface area (Å²) in [6.07, 6.45) is 3.30. The van der Waals surface area contributed by atoms with Gasteiger partial charge in [0.15, 0.2) is 0 Å². The van der Waals surface area contributed by atoms with Crippen LogP contribution in [0.3, 0.4) is 0 Å². The van der Waals surface area contributed by atoms with Crippen molar-refractivity contribution in [2.75, 3.05) is 18.7 Å². The molecule has 1 heterocycles. The molecule has 1 aromatic heterocycles. The van der Waals surface area contributed by atoms with Crippen molar-refractivity contribution >= 4 is 21.6 Å². The second kappa shape index (κ2) is 6.33. The normalized spacial score (nSPS) is 13.9. The molecular weight excluding hydrogens is 260 g/mol. The largest absolute Gasteiger partial charge is 0.265 e. The quantitative estimate of drug-likeness (QED) is 0.744. The predicted octanol–water partition coefficient (Wildman–Crippen LogP) is 1.72.